The summed E-state index contributed by atoms with van der Waals surface area (Å²) in [6.45, 7) is 3.77. The maximum Gasteiger partial charge on any atom is 0.323 e. The summed E-state index contributed by atoms with van der Waals surface area (Å²) in [5, 5.41) is 19.3. The standard InChI is InChI=1S/C14H16N2O5/c1-14(2,19)13-15-8-5-10-11(21-4-3-20-10)6-9(8)16(13)7-12(17)18/h5-6,19H,3-4,7H2,1-2H3,(H,17,18). The molecule has 7 nitrogen and oxygen atoms in total. The van der Waals surface area contributed by atoms with Crippen LogP contribution in [0.4, 0.5) is 0 Å². The highest BCUT2D eigenvalue weighted by atomic mass is 16.6. The van der Waals surface area contributed by atoms with E-state index in [0.717, 1.165) is 0 Å². The minimum atomic E-state index is -1.25. The molecule has 0 saturated heterocycles. The fourth-order valence-electron chi connectivity index (χ4n) is 2.42. The first-order chi connectivity index (χ1) is 9.86. The molecule has 1 aliphatic heterocycles. The Balaban J connectivity index is 2.24. The monoisotopic (exact) mass is 292 g/mol. The quantitative estimate of drug-likeness (QED) is 0.880. The van der Waals surface area contributed by atoms with E-state index in [-0.39, 0.29) is 6.54 Å². The number of aromatic nitrogens is 2. The first-order valence-corrected chi connectivity index (χ1v) is 6.61. The Morgan fingerprint density at radius 1 is 1.33 bits per heavy atom. The fraction of sp³-hybridized carbons (Fsp3) is 0.429. The molecule has 3 rings (SSSR count). The number of benzene rings is 1. The van der Waals surface area contributed by atoms with Gasteiger partial charge in [0.05, 0.1) is 11.0 Å². The number of hydrogen-bond acceptors (Lipinski definition) is 5. The van der Waals surface area contributed by atoms with Crippen LogP contribution >= 0.6 is 0 Å². The third kappa shape index (κ3) is 2.40. The number of carboxylic acid groups (broad SMARTS) is 1. The van der Waals surface area contributed by atoms with Crippen molar-refractivity contribution < 1.29 is 24.5 Å². The van der Waals surface area contributed by atoms with Crippen molar-refractivity contribution in [2.24, 2.45) is 0 Å². The maximum atomic E-state index is 11.1. The topological polar surface area (TPSA) is 93.8 Å². The van der Waals surface area contributed by atoms with E-state index in [4.69, 9.17) is 14.6 Å². The molecular formula is C14H16N2O5. The van der Waals surface area contributed by atoms with Gasteiger partial charge in [0.1, 0.15) is 31.2 Å². The average Bonchev–Trinajstić information content (AvgIpc) is 2.74. The van der Waals surface area contributed by atoms with Gasteiger partial charge in [0.25, 0.3) is 0 Å². The Morgan fingerprint density at radius 3 is 2.52 bits per heavy atom. The normalized spacial score (nSPS) is 14.4. The summed E-state index contributed by atoms with van der Waals surface area (Å²) < 4.78 is 12.5. The van der Waals surface area contributed by atoms with Gasteiger partial charge in [-0.2, -0.15) is 0 Å². The Kier molecular flexibility index (Phi) is 3.02. The smallest absolute Gasteiger partial charge is 0.323 e. The number of imidazole rings is 1. The van der Waals surface area contributed by atoms with Crippen molar-refractivity contribution in [3.8, 4) is 11.5 Å². The van der Waals surface area contributed by atoms with E-state index in [9.17, 15) is 9.90 Å². The van der Waals surface area contributed by atoms with Crippen LogP contribution in [0.1, 0.15) is 19.7 Å². The molecule has 1 aromatic heterocycles. The van der Waals surface area contributed by atoms with Gasteiger partial charge in [-0.15, -0.1) is 0 Å². The van der Waals surface area contributed by atoms with Gasteiger partial charge < -0.3 is 24.3 Å². The lowest BCUT2D eigenvalue weighted by Gasteiger charge is -2.19. The van der Waals surface area contributed by atoms with Crippen LogP contribution in [0.25, 0.3) is 11.0 Å². The van der Waals surface area contributed by atoms with E-state index in [2.05, 4.69) is 4.98 Å². The number of aliphatic hydroxyl groups is 1. The summed E-state index contributed by atoms with van der Waals surface area (Å²) in [6, 6.07) is 3.41. The average molecular weight is 292 g/mol. The molecule has 0 atom stereocenters. The predicted molar refractivity (Wildman–Crippen MR) is 73.6 cm³/mol. The van der Waals surface area contributed by atoms with Crippen LogP contribution in [-0.2, 0) is 16.9 Å². The largest absolute Gasteiger partial charge is 0.486 e. The minimum Gasteiger partial charge on any atom is -0.486 e. The Morgan fingerprint density at radius 2 is 1.95 bits per heavy atom. The first-order valence-electron chi connectivity index (χ1n) is 6.61. The fourth-order valence-corrected chi connectivity index (χ4v) is 2.42. The highest BCUT2D eigenvalue weighted by molar-refractivity contribution is 5.82. The van der Waals surface area contributed by atoms with E-state index in [1.807, 2.05) is 0 Å². The van der Waals surface area contributed by atoms with Gasteiger partial charge in [-0.25, -0.2) is 4.98 Å². The zero-order valence-corrected chi connectivity index (χ0v) is 11.8. The maximum absolute atomic E-state index is 11.1. The van der Waals surface area contributed by atoms with Gasteiger partial charge in [-0.1, -0.05) is 0 Å². The molecule has 0 fully saturated rings. The Bertz CT molecular complexity index is 714. The van der Waals surface area contributed by atoms with Crippen LogP contribution in [0.5, 0.6) is 11.5 Å². The zero-order valence-electron chi connectivity index (χ0n) is 11.8. The van der Waals surface area contributed by atoms with Crippen LogP contribution in [-0.4, -0.2) is 38.9 Å². The van der Waals surface area contributed by atoms with Crippen molar-refractivity contribution in [2.75, 3.05) is 13.2 Å². The molecule has 112 valence electrons. The molecule has 0 saturated carbocycles. The molecule has 1 aromatic carbocycles. The van der Waals surface area contributed by atoms with Gasteiger partial charge in [-0.3, -0.25) is 4.79 Å². The van der Waals surface area contributed by atoms with Crippen molar-refractivity contribution in [2.45, 2.75) is 26.0 Å². The molecule has 2 aromatic rings. The van der Waals surface area contributed by atoms with E-state index >= 15 is 0 Å². The molecule has 0 radical (unpaired) electrons. The number of aliphatic carboxylic acids is 1. The minimum absolute atomic E-state index is 0.282. The second kappa shape index (κ2) is 4.63. The number of hydrogen-bond donors (Lipinski definition) is 2. The lowest BCUT2D eigenvalue weighted by molar-refractivity contribution is -0.137. The summed E-state index contributed by atoms with van der Waals surface area (Å²) in [6.07, 6.45) is 0. The lowest BCUT2D eigenvalue weighted by atomic mass is 10.1. The number of ether oxygens (including phenoxy) is 2. The summed E-state index contributed by atoms with van der Waals surface area (Å²) in [5.74, 6) is 0.426. The third-order valence-corrected chi connectivity index (χ3v) is 3.25. The Labute approximate surface area is 120 Å². The summed E-state index contributed by atoms with van der Waals surface area (Å²) in [5.41, 5.74) is -0.0900. The number of carbonyl (C=O) groups is 1. The molecule has 2 N–H and O–H groups in total. The molecule has 0 bridgehead atoms. The molecule has 21 heavy (non-hydrogen) atoms. The van der Waals surface area contributed by atoms with Gasteiger partial charge in [0.15, 0.2) is 11.5 Å². The van der Waals surface area contributed by atoms with E-state index in [1.165, 1.54) is 4.57 Å². The zero-order chi connectivity index (χ0) is 15.2. The van der Waals surface area contributed by atoms with Crippen molar-refractivity contribution >= 4 is 17.0 Å². The van der Waals surface area contributed by atoms with Crippen molar-refractivity contribution in [1.29, 1.82) is 0 Å². The summed E-state index contributed by atoms with van der Waals surface area (Å²) in [7, 11) is 0. The molecule has 0 spiro atoms. The highest BCUT2D eigenvalue weighted by Crippen LogP contribution is 2.36. The van der Waals surface area contributed by atoms with Crippen molar-refractivity contribution in [1.82, 2.24) is 9.55 Å². The predicted octanol–water partition coefficient (Wildman–Crippen LogP) is 1.12. The number of fused-ring (bicyclic) bond motifs is 2. The Hall–Kier alpha value is -2.28. The van der Waals surface area contributed by atoms with Gasteiger partial charge in [-0.05, 0) is 13.8 Å². The highest BCUT2D eigenvalue weighted by Gasteiger charge is 2.27. The molecule has 7 heteroatoms. The van der Waals surface area contributed by atoms with Crippen LogP contribution in [0.2, 0.25) is 0 Å². The molecule has 2 heterocycles. The SMILES string of the molecule is CC(C)(O)c1nc2cc3c(cc2n1CC(=O)O)OCCO3. The van der Waals surface area contributed by atoms with E-state index in [1.54, 1.807) is 26.0 Å². The molecule has 0 aliphatic carbocycles. The van der Waals surface area contributed by atoms with Crippen LogP contribution < -0.4 is 9.47 Å². The van der Waals surface area contributed by atoms with Crippen LogP contribution in [0.3, 0.4) is 0 Å². The number of carboxylic acids is 1. The summed E-state index contributed by atoms with van der Waals surface area (Å²) in [4.78, 5) is 15.5. The summed E-state index contributed by atoms with van der Waals surface area (Å²) >= 11 is 0. The van der Waals surface area contributed by atoms with Crippen LogP contribution in [0, 0.1) is 0 Å². The lowest BCUT2D eigenvalue weighted by Crippen LogP contribution is -2.24. The number of nitrogens with zero attached hydrogens (tertiary/aromatic N) is 2. The number of rotatable bonds is 3. The van der Waals surface area contributed by atoms with Gasteiger partial charge in [0, 0.05) is 12.1 Å². The molecule has 1 aliphatic rings. The van der Waals surface area contributed by atoms with E-state index < -0.39 is 11.6 Å². The second-order valence-electron chi connectivity index (χ2n) is 5.46. The van der Waals surface area contributed by atoms with Gasteiger partial charge >= 0.3 is 5.97 Å². The molecule has 0 amide bonds. The first kappa shape index (κ1) is 13.7. The molecular weight excluding hydrogens is 276 g/mol. The van der Waals surface area contributed by atoms with Crippen molar-refractivity contribution in [3.63, 3.8) is 0 Å². The van der Waals surface area contributed by atoms with Crippen LogP contribution in [0.15, 0.2) is 12.1 Å². The second-order valence-corrected chi connectivity index (χ2v) is 5.46. The van der Waals surface area contributed by atoms with E-state index in [0.29, 0.717) is 41.6 Å². The van der Waals surface area contributed by atoms with Gasteiger partial charge in [0.2, 0.25) is 0 Å². The third-order valence-electron chi connectivity index (χ3n) is 3.25. The van der Waals surface area contributed by atoms with Crippen molar-refractivity contribution in [3.05, 3.63) is 18.0 Å². The molecule has 0 unspecified atom stereocenters.